The average Bonchev–Trinajstić information content (AvgIpc) is 2.38. The van der Waals surface area contributed by atoms with Gasteiger partial charge in [0.2, 0.25) is 0 Å². The molecule has 5 nitrogen and oxygen atoms in total. The van der Waals surface area contributed by atoms with Crippen molar-refractivity contribution in [3.05, 3.63) is 34.4 Å². The Hall–Kier alpha value is -1.62. The number of benzene rings is 1. The van der Waals surface area contributed by atoms with Crippen LogP contribution in [0.4, 0.5) is 5.69 Å². The van der Waals surface area contributed by atoms with Crippen LogP contribution in [-0.2, 0) is 0 Å². The van der Waals surface area contributed by atoms with Crippen LogP contribution < -0.4 is 4.74 Å². The van der Waals surface area contributed by atoms with E-state index in [0.29, 0.717) is 12.2 Å². The first-order valence-electron chi connectivity index (χ1n) is 6.06. The van der Waals surface area contributed by atoms with Crippen molar-refractivity contribution in [3.63, 3.8) is 0 Å². The number of nitrogens with zero attached hydrogens (tertiary/aromatic N) is 1. The molecule has 3 atom stereocenters. The maximum absolute atomic E-state index is 10.5. The number of aliphatic hydroxyl groups excluding tert-OH is 1. The van der Waals surface area contributed by atoms with E-state index in [1.54, 1.807) is 12.1 Å². The molecule has 1 aromatic rings. The molecule has 0 bridgehead atoms. The molecule has 5 heteroatoms. The molecule has 1 N–H and O–H groups in total. The Kier molecular flexibility index (Phi) is 3.26. The molecule has 0 spiro atoms. The fourth-order valence-electron chi connectivity index (χ4n) is 2.25. The molecule has 1 aromatic carbocycles. The van der Waals surface area contributed by atoms with Crippen LogP contribution in [0.5, 0.6) is 5.75 Å². The Morgan fingerprint density at radius 2 is 2.11 bits per heavy atom. The van der Waals surface area contributed by atoms with Crippen molar-refractivity contribution >= 4 is 5.69 Å². The smallest absolute Gasteiger partial charge is 0.269 e. The van der Waals surface area contributed by atoms with Gasteiger partial charge in [-0.05, 0) is 18.6 Å². The minimum Gasteiger partial charge on any atom is -0.490 e. The molecule has 1 aliphatic rings. The van der Waals surface area contributed by atoms with E-state index in [1.807, 2.05) is 13.8 Å². The Bertz CT molecular complexity index is 445. The largest absolute Gasteiger partial charge is 0.490 e. The fraction of sp³-hybridized carbons (Fsp3) is 0.538. The molecule has 1 aliphatic carbocycles. The maximum atomic E-state index is 10.5. The highest BCUT2D eigenvalue weighted by Gasteiger charge is 2.51. The Morgan fingerprint density at radius 3 is 2.56 bits per heavy atom. The number of nitro benzene ring substituents is 1. The first-order valence-corrected chi connectivity index (χ1v) is 6.06. The van der Waals surface area contributed by atoms with Gasteiger partial charge in [-0.25, -0.2) is 0 Å². The first-order chi connectivity index (χ1) is 8.47. The SMILES string of the molecule is CCC1(C)C(O)CC1Oc1ccc([N+](=O)[O-])cc1. The zero-order valence-electron chi connectivity index (χ0n) is 10.5. The summed E-state index contributed by atoms with van der Waals surface area (Å²) in [7, 11) is 0. The highest BCUT2D eigenvalue weighted by molar-refractivity contribution is 5.36. The molecule has 2 rings (SSSR count). The van der Waals surface area contributed by atoms with E-state index in [9.17, 15) is 15.2 Å². The lowest BCUT2D eigenvalue weighted by Crippen LogP contribution is -2.57. The predicted octanol–water partition coefficient (Wildman–Crippen LogP) is 2.52. The van der Waals surface area contributed by atoms with E-state index in [-0.39, 0.29) is 23.3 Å². The van der Waals surface area contributed by atoms with Crippen molar-refractivity contribution in [3.8, 4) is 5.75 Å². The molecule has 18 heavy (non-hydrogen) atoms. The quantitative estimate of drug-likeness (QED) is 0.659. The second-order valence-electron chi connectivity index (χ2n) is 4.97. The van der Waals surface area contributed by atoms with Gasteiger partial charge < -0.3 is 9.84 Å². The molecular weight excluding hydrogens is 234 g/mol. The van der Waals surface area contributed by atoms with Crippen molar-refractivity contribution in [2.75, 3.05) is 0 Å². The van der Waals surface area contributed by atoms with E-state index in [0.717, 1.165) is 6.42 Å². The van der Waals surface area contributed by atoms with Crippen LogP contribution in [0.2, 0.25) is 0 Å². The van der Waals surface area contributed by atoms with Crippen molar-refractivity contribution in [2.45, 2.75) is 38.9 Å². The van der Waals surface area contributed by atoms with Crippen molar-refractivity contribution < 1.29 is 14.8 Å². The van der Waals surface area contributed by atoms with Crippen molar-refractivity contribution in [1.82, 2.24) is 0 Å². The number of aliphatic hydroxyl groups is 1. The van der Waals surface area contributed by atoms with E-state index >= 15 is 0 Å². The van der Waals surface area contributed by atoms with Crippen LogP contribution in [-0.4, -0.2) is 22.2 Å². The summed E-state index contributed by atoms with van der Waals surface area (Å²) in [6.07, 6.45) is 1.09. The Morgan fingerprint density at radius 1 is 1.50 bits per heavy atom. The van der Waals surface area contributed by atoms with Gasteiger partial charge in [-0.2, -0.15) is 0 Å². The van der Waals surface area contributed by atoms with Crippen LogP contribution in [0.1, 0.15) is 26.7 Å². The zero-order chi connectivity index (χ0) is 13.3. The van der Waals surface area contributed by atoms with E-state index < -0.39 is 4.92 Å². The predicted molar refractivity (Wildman–Crippen MR) is 66.5 cm³/mol. The molecule has 0 radical (unpaired) electrons. The van der Waals surface area contributed by atoms with Crippen molar-refractivity contribution in [2.24, 2.45) is 5.41 Å². The van der Waals surface area contributed by atoms with Gasteiger partial charge in [0.15, 0.2) is 0 Å². The molecule has 0 aliphatic heterocycles. The topological polar surface area (TPSA) is 72.6 Å². The molecular formula is C13H17NO4. The van der Waals surface area contributed by atoms with Gasteiger partial charge in [0.1, 0.15) is 11.9 Å². The van der Waals surface area contributed by atoms with Gasteiger partial charge in [0.05, 0.1) is 11.0 Å². The molecule has 1 fully saturated rings. The summed E-state index contributed by atoms with van der Waals surface area (Å²) in [6, 6.07) is 6.04. The fourth-order valence-corrected chi connectivity index (χ4v) is 2.25. The summed E-state index contributed by atoms with van der Waals surface area (Å²) in [6.45, 7) is 4.02. The van der Waals surface area contributed by atoms with Crippen LogP contribution >= 0.6 is 0 Å². The highest BCUT2D eigenvalue weighted by atomic mass is 16.6. The van der Waals surface area contributed by atoms with Gasteiger partial charge in [-0.3, -0.25) is 10.1 Å². The van der Waals surface area contributed by atoms with Gasteiger partial charge in [0.25, 0.3) is 5.69 Å². The summed E-state index contributed by atoms with van der Waals surface area (Å²) >= 11 is 0. The molecule has 0 heterocycles. The maximum Gasteiger partial charge on any atom is 0.269 e. The second kappa shape index (κ2) is 4.57. The number of nitro groups is 1. The summed E-state index contributed by atoms with van der Waals surface area (Å²) in [4.78, 5) is 10.1. The van der Waals surface area contributed by atoms with Gasteiger partial charge in [-0.1, -0.05) is 13.8 Å². The summed E-state index contributed by atoms with van der Waals surface area (Å²) in [5.74, 6) is 0.608. The van der Waals surface area contributed by atoms with Crippen LogP contribution in [0.15, 0.2) is 24.3 Å². The van der Waals surface area contributed by atoms with Gasteiger partial charge in [-0.15, -0.1) is 0 Å². The van der Waals surface area contributed by atoms with E-state index in [2.05, 4.69) is 0 Å². The van der Waals surface area contributed by atoms with E-state index in [1.165, 1.54) is 12.1 Å². The number of rotatable bonds is 4. The lowest BCUT2D eigenvalue weighted by Gasteiger charge is -2.50. The molecule has 3 unspecified atom stereocenters. The lowest BCUT2D eigenvalue weighted by atomic mass is 9.63. The van der Waals surface area contributed by atoms with Gasteiger partial charge in [0, 0.05) is 24.0 Å². The molecule has 0 saturated heterocycles. The monoisotopic (exact) mass is 251 g/mol. The standard InChI is InChI=1S/C13H17NO4/c1-3-13(2)11(15)8-12(13)18-10-6-4-9(5-7-10)14(16)17/h4-7,11-12,15H,3,8H2,1-2H3. The zero-order valence-corrected chi connectivity index (χ0v) is 10.5. The third kappa shape index (κ3) is 2.06. The minimum absolute atomic E-state index is 0.0287. The average molecular weight is 251 g/mol. The Balaban J connectivity index is 2.04. The number of hydrogen-bond acceptors (Lipinski definition) is 4. The third-order valence-corrected chi connectivity index (χ3v) is 4.02. The number of ether oxygens (including phenoxy) is 1. The normalized spacial score (nSPS) is 30.6. The lowest BCUT2D eigenvalue weighted by molar-refractivity contribution is -0.384. The first kappa shape index (κ1) is 12.8. The summed E-state index contributed by atoms with van der Waals surface area (Å²) < 4.78 is 5.78. The van der Waals surface area contributed by atoms with Crippen LogP contribution in [0.25, 0.3) is 0 Å². The molecule has 98 valence electrons. The molecule has 1 saturated carbocycles. The second-order valence-corrected chi connectivity index (χ2v) is 4.97. The third-order valence-electron chi connectivity index (χ3n) is 4.02. The molecule has 0 aromatic heterocycles. The minimum atomic E-state index is -0.437. The molecule has 0 amide bonds. The van der Waals surface area contributed by atoms with Crippen LogP contribution in [0.3, 0.4) is 0 Å². The van der Waals surface area contributed by atoms with E-state index in [4.69, 9.17) is 4.74 Å². The summed E-state index contributed by atoms with van der Waals surface area (Å²) in [5.41, 5.74) is -0.170. The summed E-state index contributed by atoms with van der Waals surface area (Å²) in [5, 5.41) is 20.3. The number of hydrogen-bond donors (Lipinski definition) is 1. The van der Waals surface area contributed by atoms with Crippen LogP contribution in [0, 0.1) is 15.5 Å². The van der Waals surface area contributed by atoms with Gasteiger partial charge >= 0.3 is 0 Å². The Labute approximate surface area is 106 Å². The highest BCUT2D eigenvalue weighted by Crippen LogP contribution is 2.45. The number of non-ortho nitro benzene ring substituents is 1. The van der Waals surface area contributed by atoms with Crippen molar-refractivity contribution in [1.29, 1.82) is 0 Å².